The van der Waals surface area contributed by atoms with Crippen molar-refractivity contribution in [3.05, 3.63) is 45.0 Å². The molecule has 2 rings (SSSR count). The summed E-state index contributed by atoms with van der Waals surface area (Å²) in [4.78, 5) is 4.17. The molecule has 1 aromatic heterocycles. The van der Waals surface area contributed by atoms with Gasteiger partial charge in [-0.05, 0) is 40.6 Å². The second-order valence-corrected chi connectivity index (χ2v) is 5.00. The van der Waals surface area contributed by atoms with E-state index in [0.717, 1.165) is 18.1 Å². The van der Waals surface area contributed by atoms with E-state index in [1.807, 2.05) is 23.7 Å². The molecule has 0 aliphatic carbocycles. The van der Waals surface area contributed by atoms with Gasteiger partial charge in [0.15, 0.2) is 5.13 Å². The molecule has 2 nitrogen and oxygen atoms in total. The van der Waals surface area contributed by atoms with Gasteiger partial charge in [0.1, 0.15) is 0 Å². The molecular formula is C11H10IN2S. The topological polar surface area (TPSA) is 24.9 Å². The van der Waals surface area contributed by atoms with Gasteiger partial charge in [-0.3, -0.25) is 0 Å². The molecule has 1 heterocycles. The molecule has 0 fully saturated rings. The van der Waals surface area contributed by atoms with Crippen molar-refractivity contribution in [2.75, 3.05) is 11.9 Å². The largest absolute Gasteiger partial charge is 0.361 e. The summed E-state index contributed by atoms with van der Waals surface area (Å²) in [6.45, 7) is 0.918. The Morgan fingerprint density at radius 3 is 3.20 bits per heavy atom. The van der Waals surface area contributed by atoms with Gasteiger partial charge in [-0.25, -0.2) is 4.98 Å². The van der Waals surface area contributed by atoms with Gasteiger partial charge in [-0.15, -0.1) is 11.3 Å². The van der Waals surface area contributed by atoms with Gasteiger partial charge in [-0.1, -0.05) is 18.2 Å². The quantitative estimate of drug-likeness (QED) is 0.872. The van der Waals surface area contributed by atoms with Crippen LogP contribution in [0, 0.1) is 9.64 Å². The van der Waals surface area contributed by atoms with Crippen LogP contribution in [-0.4, -0.2) is 11.5 Å². The van der Waals surface area contributed by atoms with Gasteiger partial charge >= 0.3 is 0 Å². The van der Waals surface area contributed by atoms with Crippen molar-refractivity contribution in [2.24, 2.45) is 0 Å². The first-order valence-corrected chi connectivity index (χ1v) is 6.60. The Kier molecular flexibility index (Phi) is 3.96. The van der Waals surface area contributed by atoms with Crippen molar-refractivity contribution in [3.63, 3.8) is 0 Å². The number of anilines is 1. The highest BCUT2D eigenvalue weighted by molar-refractivity contribution is 14.1. The lowest BCUT2D eigenvalue weighted by atomic mass is 10.1. The molecule has 0 atom stereocenters. The van der Waals surface area contributed by atoms with Gasteiger partial charge in [0, 0.05) is 21.7 Å². The van der Waals surface area contributed by atoms with E-state index in [-0.39, 0.29) is 0 Å². The van der Waals surface area contributed by atoms with E-state index < -0.39 is 0 Å². The van der Waals surface area contributed by atoms with Crippen LogP contribution in [0.2, 0.25) is 0 Å². The van der Waals surface area contributed by atoms with Crippen molar-refractivity contribution in [1.29, 1.82) is 0 Å². The third-order valence-electron chi connectivity index (χ3n) is 1.99. The number of nitrogens with one attached hydrogen (secondary N) is 1. The summed E-state index contributed by atoms with van der Waals surface area (Å²) in [5.41, 5.74) is 1.34. The molecule has 0 aliphatic rings. The number of halogens is 1. The van der Waals surface area contributed by atoms with E-state index in [1.165, 1.54) is 9.13 Å². The molecule has 0 amide bonds. The molecule has 0 unspecified atom stereocenters. The molecular weight excluding hydrogens is 319 g/mol. The Bertz CT molecular complexity index is 414. The summed E-state index contributed by atoms with van der Waals surface area (Å²) in [7, 11) is 0. The zero-order valence-corrected chi connectivity index (χ0v) is 11.0. The third kappa shape index (κ3) is 3.17. The lowest BCUT2D eigenvalue weighted by molar-refractivity contribution is 1.01. The van der Waals surface area contributed by atoms with Gasteiger partial charge in [0.25, 0.3) is 0 Å². The van der Waals surface area contributed by atoms with Gasteiger partial charge in [0.05, 0.1) is 0 Å². The molecule has 1 aromatic carbocycles. The Labute approximate surface area is 107 Å². The molecule has 77 valence electrons. The second kappa shape index (κ2) is 5.46. The first kappa shape index (κ1) is 10.9. The van der Waals surface area contributed by atoms with Crippen molar-refractivity contribution >= 4 is 39.1 Å². The van der Waals surface area contributed by atoms with Crippen molar-refractivity contribution < 1.29 is 0 Å². The first-order valence-electron chi connectivity index (χ1n) is 4.65. The number of hydrogen-bond acceptors (Lipinski definition) is 3. The normalized spacial score (nSPS) is 10.2. The van der Waals surface area contributed by atoms with Crippen molar-refractivity contribution in [2.45, 2.75) is 6.42 Å². The van der Waals surface area contributed by atoms with E-state index in [4.69, 9.17) is 0 Å². The van der Waals surface area contributed by atoms with Crippen molar-refractivity contribution in [1.82, 2.24) is 4.98 Å². The van der Waals surface area contributed by atoms with Crippen LogP contribution in [-0.2, 0) is 6.42 Å². The zero-order valence-electron chi connectivity index (χ0n) is 8.03. The van der Waals surface area contributed by atoms with Gasteiger partial charge in [-0.2, -0.15) is 0 Å². The van der Waals surface area contributed by atoms with E-state index in [9.17, 15) is 0 Å². The van der Waals surface area contributed by atoms with Crippen LogP contribution >= 0.6 is 33.9 Å². The summed E-state index contributed by atoms with van der Waals surface area (Å²) >= 11 is 3.95. The number of hydrogen-bond donors (Lipinski definition) is 1. The van der Waals surface area contributed by atoms with Crippen LogP contribution < -0.4 is 5.32 Å². The van der Waals surface area contributed by atoms with Crippen LogP contribution in [0.25, 0.3) is 0 Å². The standard InChI is InChI=1S/C11H10IN2S/c12-10-4-2-1-3-9(10)5-6-13-11-14-7-8-15-11/h1-3,7-8H,5-6H2,(H,13,14). The van der Waals surface area contributed by atoms with Crippen LogP contribution in [0.3, 0.4) is 0 Å². The predicted molar refractivity (Wildman–Crippen MR) is 72.3 cm³/mol. The SMILES string of the molecule is Ic1[c]cccc1CCNc1nccs1. The fourth-order valence-electron chi connectivity index (χ4n) is 1.26. The molecule has 2 aromatic rings. The fraction of sp³-hybridized carbons (Fsp3) is 0.182. The summed E-state index contributed by atoms with van der Waals surface area (Å²) in [6, 6.07) is 9.30. The smallest absolute Gasteiger partial charge is 0.182 e. The molecule has 4 heteroatoms. The summed E-state index contributed by atoms with van der Waals surface area (Å²) in [5.74, 6) is 0. The average Bonchev–Trinajstić information content (AvgIpc) is 2.74. The Morgan fingerprint density at radius 2 is 2.47 bits per heavy atom. The molecule has 0 saturated carbocycles. The monoisotopic (exact) mass is 329 g/mol. The lowest BCUT2D eigenvalue weighted by Gasteiger charge is -2.04. The summed E-state index contributed by atoms with van der Waals surface area (Å²) in [6.07, 6.45) is 2.82. The van der Waals surface area contributed by atoms with Crippen LogP contribution in [0.1, 0.15) is 5.56 Å². The Hall–Kier alpha value is -0.620. The minimum atomic E-state index is 0.918. The van der Waals surface area contributed by atoms with E-state index in [2.05, 4.69) is 45.0 Å². The maximum absolute atomic E-state index is 4.17. The molecule has 0 spiro atoms. The fourth-order valence-corrected chi connectivity index (χ4v) is 2.45. The molecule has 15 heavy (non-hydrogen) atoms. The highest BCUT2D eigenvalue weighted by atomic mass is 127. The maximum atomic E-state index is 4.17. The second-order valence-electron chi connectivity index (χ2n) is 3.02. The van der Waals surface area contributed by atoms with Gasteiger partial charge in [0.2, 0.25) is 0 Å². The maximum Gasteiger partial charge on any atom is 0.182 e. The number of benzene rings is 1. The van der Waals surface area contributed by atoms with Gasteiger partial charge < -0.3 is 5.32 Å². The third-order valence-corrected chi connectivity index (χ3v) is 3.72. The molecule has 1 radical (unpaired) electrons. The van der Waals surface area contributed by atoms with Crippen LogP contribution in [0.5, 0.6) is 0 Å². The minimum Gasteiger partial charge on any atom is -0.361 e. The molecule has 0 aliphatic heterocycles. The number of aromatic nitrogens is 1. The summed E-state index contributed by atoms with van der Waals surface area (Å²) < 4.78 is 1.20. The highest BCUT2D eigenvalue weighted by Crippen LogP contribution is 2.13. The number of rotatable bonds is 4. The molecule has 1 N–H and O–H groups in total. The highest BCUT2D eigenvalue weighted by Gasteiger charge is 1.99. The lowest BCUT2D eigenvalue weighted by Crippen LogP contribution is -2.05. The predicted octanol–water partition coefficient (Wildman–Crippen LogP) is 3.20. The zero-order chi connectivity index (χ0) is 10.5. The van der Waals surface area contributed by atoms with Crippen LogP contribution in [0.15, 0.2) is 29.8 Å². The van der Waals surface area contributed by atoms with Crippen molar-refractivity contribution in [3.8, 4) is 0 Å². The molecule has 0 saturated heterocycles. The first-order chi connectivity index (χ1) is 7.36. The average molecular weight is 329 g/mol. The number of nitrogens with zero attached hydrogens (tertiary/aromatic N) is 1. The molecule has 0 bridgehead atoms. The van der Waals surface area contributed by atoms with Crippen LogP contribution in [0.4, 0.5) is 5.13 Å². The Balaban J connectivity index is 1.86. The van der Waals surface area contributed by atoms with E-state index in [1.54, 1.807) is 11.3 Å². The van der Waals surface area contributed by atoms with E-state index in [0.29, 0.717) is 0 Å². The number of thiazole rings is 1. The Morgan fingerprint density at radius 1 is 1.53 bits per heavy atom. The van der Waals surface area contributed by atoms with E-state index >= 15 is 0 Å². The summed E-state index contributed by atoms with van der Waals surface area (Å²) in [5, 5.41) is 6.26. The minimum absolute atomic E-state index is 0.918.